The van der Waals surface area contributed by atoms with Crippen LogP contribution in [0.4, 0.5) is 17.3 Å². The Labute approximate surface area is 248 Å². The SMILES string of the molecule is COc1cc(C(=N)c2c(N)ncnc2Nc2ccnc(/C(C#N)=C/C(C)(C)C)c2)ccc1Oc1ccc(Cl)c(Cl)c1. The van der Waals surface area contributed by atoms with Gasteiger partial charge >= 0.3 is 0 Å². The van der Waals surface area contributed by atoms with E-state index in [1.54, 1.807) is 54.7 Å². The van der Waals surface area contributed by atoms with Crippen LogP contribution in [0.2, 0.25) is 10.0 Å². The minimum atomic E-state index is -0.205. The average Bonchev–Trinajstić information content (AvgIpc) is 2.93. The molecular weight excluding hydrogens is 561 g/mol. The molecule has 2 aromatic carbocycles. The molecule has 11 heteroatoms. The number of ether oxygens (including phenoxy) is 2. The number of halogens is 2. The predicted molar refractivity (Wildman–Crippen MR) is 162 cm³/mol. The van der Waals surface area contributed by atoms with Crippen molar-refractivity contribution >= 4 is 51.8 Å². The third-order valence-electron chi connectivity index (χ3n) is 5.69. The molecule has 0 aliphatic carbocycles. The van der Waals surface area contributed by atoms with Gasteiger partial charge in [0.15, 0.2) is 11.5 Å². The molecule has 0 saturated carbocycles. The summed E-state index contributed by atoms with van der Waals surface area (Å²) in [6, 6.07) is 15.7. The van der Waals surface area contributed by atoms with Gasteiger partial charge < -0.3 is 20.5 Å². The Morgan fingerprint density at radius 3 is 2.49 bits per heavy atom. The van der Waals surface area contributed by atoms with Crippen molar-refractivity contribution in [2.75, 3.05) is 18.2 Å². The third kappa shape index (κ3) is 7.11. The Balaban J connectivity index is 1.65. The highest BCUT2D eigenvalue weighted by Crippen LogP contribution is 2.36. The number of nitrogen functional groups attached to an aromatic ring is 1. The summed E-state index contributed by atoms with van der Waals surface area (Å²) in [6.45, 7) is 6.03. The van der Waals surface area contributed by atoms with Gasteiger partial charge in [0.05, 0.1) is 39.7 Å². The van der Waals surface area contributed by atoms with Crippen LogP contribution < -0.4 is 20.5 Å². The summed E-state index contributed by atoms with van der Waals surface area (Å²) >= 11 is 12.1. The quantitative estimate of drug-likeness (QED) is 0.141. The monoisotopic (exact) mass is 587 g/mol. The van der Waals surface area contributed by atoms with Crippen molar-refractivity contribution in [3.8, 4) is 23.3 Å². The number of benzene rings is 2. The maximum Gasteiger partial charge on any atom is 0.169 e. The third-order valence-corrected chi connectivity index (χ3v) is 6.43. The number of nitriles is 1. The van der Waals surface area contributed by atoms with Crippen molar-refractivity contribution < 1.29 is 9.47 Å². The number of pyridine rings is 1. The number of nitrogens with zero attached hydrogens (tertiary/aromatic N) is 4. The van der Waals surface area contributed by atoms with Gasteiger partial charge in [-0.25, -0.2) is 9.97 Å². The smallest absolute Gasteiger partial charge is 0.169 e. The van der Waals surface area contributed by atoms with Crippen LogP contribution in [-0.2, 0) is 0 Å². The van der Waals surface area contributed by atoms with Crippen LogP contribution in [0, 0.1) is 22.2 Å². The van der Waals surface area contributed by atoms with E-state index in [9.17, 15) is 5.26 Å². The van der Waals surface area contributed by atoms with Gasteiger partial charge in [-0.1, -0.05) is 50.0 Å². The number of anilines is 3. The molecule has 41 heavy (non-hydrogen) atoms. The van der Waals surface area contributed by atoms with Crippen molar-refractivity contribution in [2.45, 2.75) is 20.8 Å². The summed E-state index contributed by atoms with van der Waals surface area (Å²) < 4.78 is 11.5. The first-order valence-corrected chi connectivity index (χ1v) is 13.1. The minimum Gasteiger partial charge on any atom is -0.493 e. The van der Waals surface area contributed by atoms with E-state index in [0.717, 1.165) is 0 Å². The lowest BCUT2D eigenvalue weighted by Crippen LogP contribution is -2.12. The first-order valence-electron chi connectivity index (χ1n) is 12.4. The number of methoxy groups -OCH3 is 1. The fourth-order valence-corrected chi connectivity index (χ4v) is 4.14. The lowest BCUT2D eigenvalue weighted by atomic mass is 9.93. The molecule has 0 aliphatic heterocycles. The average molecular weight is 588 g/mol. The minimum absolute atomic E-state index is 0.0598. The van der Waals surface area contributed by atoms with Crippen molar-refractivity contribution in [1.29, 1.82) is 10.7 Å². The second-order valence-electron chi connectivity index (χ2n) is 9.99. The summed E-state index contributed by atoms with van der Waals surface area (Å²) in [5.41, 5.74) is 8.44. The summed E-state index contributed by atoms with van der Waals surface area (Å²) in [7, 11) is 1.50. The number of nitrogens with two attached hydrogens (primary N) is 1. The number of allylic oxidation sites excluding steroid dienone is 2. The van der Waals surface area contributed by atoms with Gasteiger partial charge in [-0.3, -0.25) is 10.4 Å². The van der Waals surface area contributed by atoms with E-state index >= 15 is 0 Å². The predicted octanol–water partition coefficient (Wildman–Crippen LogP) is 7.67. The van der Waals surface area contributed by atoms with Crippen LogP contribution in [0.3, 0.4) is 0 Å². The molecule has 0 atom stereocenters. The first kappa shape index (κ1) is 29.3. The first-order chi connectivity index (χ1) is 19.5. The van der Waals surface area contributed by atoms with E-state index < -0.39 is 0 Å². The zero-order chi connectivity index (χ0) is 29.7. The maximum absolute atomic E-state index is 9.70. The highest BCUT2D eigenvalue weighted by molar-refractivity contribution is 6.42. The number of nitrogens with one attached hydrogen (secondary N) is 2. The summed E-state index contributed by atoms with van der Waals surface area (Å²) in [6.07, 6.45) is 4.77. The van der Waals surface area contributed by atoms with Gasteiger partial charge in [0.1, 0.15) is 29.8 Å². The normalized spacial score (nSPS) is 11.5. The highest BCUT2D eigenvalue weighted by atomic mass is 35.5. The topological polar surface area (TPSA) is 143 Å². The molecule has 4 rings (SSSR count). The molecule has 208 valence electrons. The van der Waals surface area contributed by atoms with Gasteiger partial charge in [-0.05, 0) is 47.9 Å². The van der Waals surface area contributed by atoms with E-state index in [2.05, 4.69) is 26.3 Å². The summed E-state index contributed by atoms with van der Waals surface area (Å²) in [5.74, 6) is 1.70. The van der Waals surface area contributed by atoms with E-state index in [0.29, 0.717) is 55.6 Å². The molecule has 0 spiro atoms. The molecule has 2 aromatic heterocycles. The number of hydrogen-bond donors (Lipinski definition) is 3. The molecule has 0 aliphatic rings. The Hall–Kier alpha value is -4.65. The van der Waals surface area contributed by atoms with Crippen LogP contribution in [0.5, 0.6) is 17.2 Å². The van der Waals surface area contributed by atoms with Crippen molar-refractivity contribution in [2.24, 2.45) is 5.41 Å². The lowest BCUT2D eigenvalue weighted by molar-refractivity contribution is 0.379. The van der Waals surface area contributed by atoms with Crippen molar-refractivity contribution in [3.05, 3.63) is 94.0 Å². The van der Waals surface area contributed by atoms with Crippen LogP contribution in [0.25, 0.3) is 5.57 Å². The molecule has 4 N–H and O–H groups in total. The van der Waals surface area contributed by atoms with Gasteiger partial charge in [0.2, 0.25) is 0 Å². The fourth-order valence-electron chi connectivity index (χ4n) is 3.85. The maximum atomic E-state index is 9.70. The molecular formula is C30H27Cl2N7O2. The Morgan fingerprint density at radius 1 is 1.02 bits per heavy atom. The van der Waals surface area contributed by atoms with E-state index in [4.69, 9.17) is 43.8 Å². The highest BCUT2D eigenvalue weighted by Gasteiger charge is 2.19. The zero-order valence-corrected chi connectivity index (χ0v) is 24.3. The van der Waals surface area contributed by atoms with Gasteiger partial charge in [-0.2, -0.15) is 5.26 Å². The Bertz CT molecular complexity index is 1690. The molecule has 4 aromatic rings. The summed E-state index contributed by atoms with van der Waals surface area (Å²) in [4.78, 5) is 12.8. The van der Waals surface area contributed by atoms with Crippen molar-refractivity contribution in [3.63, 3.8) is 0 Å². The largest absolute Gasteiger partial charge is 0.493 e. The van der Waals surface area contributed by atoms with E-state index in [-0.39, 0.29) is 22.5 Å². The molecule has 0 fully saturated rings. The molecule has 0 unspecified atom stereocenters. The molecule has 0 radical (unpaired) electrons. The van der Waals surface area contributed by atoms with E-state index in [1.165, 1.54) is 13.4 Å². The molecule has 0 amide bonds. The van der Waals surface area contributed by atoms with Crippen LogP contribution >= 0.6 is 23.2 Å². The van der Waals surface area contributed by atoms with Gasteiger partial charge in [-0.15, -0.1) is 0 Å². The second-order valence-corrected chi connectivity index (χ2v) is 10.8. The Morgan fingerprint density at radius 2 is 1.80 bits per heavy atom. The van der Waals surface area contributed by atoms with Gasteiger partial charge in [0.25, 0.3) is 0 Å². The van der Waals surface area contributed by atoms with Crippen molar-refractivity contribution in [1.82, 2.24) is 15.0 Å². The van der Waals surface area contributed by atoms with Crippen LogP contribution in [-0.4, -0.2) is 27.8 Å². The molecule has 0 bridgehead atoms. The van der Waals surface area contributed by atoms with Gasteiger partial charge in [0, 0.05) is 23.5 Å². The summed E-state index contributed by atoms with van der Waals surface area (Å²) in [5, 5.41) is 22.6. The van der Waals surface area contributed by atoms with Crippen LogP contribution in [0.1, 0.15) is 37.6 Å². The number of hydrogen-bond acceptors (Lipinski definition) is 9. The molecule has 2 heterocycles. The standard InChI is InChI=1S/C30H27Cl2N7O2/c1-30(2,3)14-18(15-33)23-12-19(9-10-36-23)39-29-26(28(35)37-16-38-29)27(34)17-5-8-24(25(11-17)40-4)41-20-6-7-21(31)22(32)13-20/h5-14,16,34H,1-4H3,(H3,35,36,37,38,39)/b18-14+,34-27?. The second kappa shape index (κ2) is 12.3. The van der Waals surface area contributed by atoms with Crippen LogP contribution in [0.15, 0.2) is 67.1 Å². The number of aromatic nitrogens is 3. The molecule has 0 saturated heterocycles. The Kier molecular flexibility index (Phi) is 8.77. The molecule has 9 nitrogen and oxygen atoms in total. The zero-order valence-electron chi connectivity index (χ0n) is 22.8. The fraction of sp³-hybridized carbons (Fsp3) is 0.167. The number of rotatable bonds is 8. The van der Waals surface area contributed by atoms with E-state index in [1.807, 2.05) is 26.8 Å². The lowest BCUT2D eigenvalue weighted by Gasteiger charge is -2.16.